The van der Waals surface area contributed by atoms with Crippen LogP contribution in [0.5, 0.6) is 0 Å². The van der Waals surface area contributed by atoms with Crippen LogP contribution in [0.15, 0.2) is 29.3 Å². The predicted octanol–water partition coefficient (Wildman–Crippen LogP) is 3.01. The van der Waals surface area contributed by atoms with Crippen LogP contribution in [0.2, 0.25) is 0 Å². The topological polar surface area (TPSA) is 58.1 Å². The van der Waals surface area contributed by atoms with Crippen LogP contribution in [0.3, 0.4) is 0 Å². The summed E-state index contributed by atoms with van der Waals surface area (Å²) in [5.74, 6) is 0.879. The molecule has 2 N–H and O–H groups in total. The zero-order chi connectivity index (χ0) is 19.7. The molecule has 1 aliphatic carbocycles. The van der Waals surface area contributed by atoms with Gasteiger partial charge < -0.3 is 20.1 Å². The van der Waals surface area contributed by atoms with E-state index in [2.05, 4.69) is 51.7 Å². The Balaban J connectivity index is 0.00000300. The minimum absolute atomic E-state index is 0. The third-order valence-corrected chi connectivity index (χ3v) is 5.85. The molecule has 1 saturated heterocycles. The van der Waals surface area contributed by atoms with Crippen molar-refractivity contribution in [3.8, 4) is 0 Å². The van der Waals surface area contributed by atoms with E-state index in [-0.39, 0.29) is 24.0 Å². The van der Waals surface area contributed by atoms with Crippen LogP contribution < -0.4 is 10.6 Å². The van der Waals surface area contributed by atoms with Gasteiger partial charge in [0.25, 0.3) is 0 Å². The Bertz CT molecular complexity index is 631. The Hall–Kier alpha value is -0.900. The van der Waals surface area contributed by atoms with E-state index >= 15 is 0 Å². The van der Waals surface area contributed by atoms with Gasteiger partial charge in [-0.25, -0.2) is 0 Å². The first-order valence-electron chi connectivity index (χ1n) is 10.6. The molecule has 2 aliphatic rings. The van der Waals surface area contributed by atoms with Gasteiger partial charge in [0, 0.05) is 53.0 Å². The van der Waals surface area contributed by atoms with Gasteiger partial charge in [0.05, 0.1) is 13.2 Å². The van der Waals surface area contributed by atoms with Crippen LogP contribution in [0.25, 0.3) is 0 Å². The lowest BCUT2D eigenvalue weighted by Crippen LogP contribution is -2.40. The number of morpholine rings is 1. The van der Waals surface area contributed by atoms with Crippen LogP contribution in [0.4, 0.5) is 0 Å². The smallest absolute Gasteiger partial charge is 0.191 e. The van der Waals surface area contributed by atoms with Gasteiger partial charge >= 0.3 is 0 Å². The van der Waals surface area contributed by atoms with Crippen molar-refractivity contribution in [2.24, 2.45) is 10.4 Å². The van der Waals surface area contributed by atoms with Gasteiger partial charge in [0.1, 0.15) is 0 Å². The molecule has 29 heavy (non-hydrogen) atoms. The summed E-state index contributed by atoms with van der Waals surface area (Å²) in [6, 6.07) is 8.68. The van der Waals surface area contributed by atoms with E-state index in [9.17, 15) is 0 Å². The van der Waals surface area contributed by atoms with E-state index in [1.54, 1.807) is 0 Å². The van der Waals surface area contributed by atoms with Crippen molar-refractivity contribution < 1.29 is 9.47 Å². The predicted molar refractivity (Wildman–Crippen MR) is 129 cm³/mol. The molecular weight excluding hydrogens is 479 g/mol. The highest BCUT2D eigenvalue weighted by Gasteiger charge is 2.41. The normalized spacial score (nSPS) is 18.8. The van der Waals surface area contributed by atoms with E-state index < -0.39 is 0 Å². The molecule has 0 bridgehead atoms. The van der Waals surface area contributed by atoms with Crippen molar-refractivity contribution in [3.05, 3.63) is 35.4 Å². The summed E-state index contributed by atoms with van der Waals surface area (Å²) in [5.41, 5.74) is 3.11. The number of aliphatic imine (C=N–C) groups is 1. The summed E-state index contributed by atoms with van der Waals surface area (Å²) in [7, 11) is 1.84. The fraction of sp³-hybridized carbons (Fsp3) is 0.682. The number of hydrogen-bond donors (Lipinski definition) is 2. The standard InChI is InChI=1S/C22H36N4O2.HI/c1-3-27-13-10-22(8-9-22)18-25-21(23-2)24-16-19-6-4-5-7-20(19)17-26-11-14-28-15-12-26;/h4-7H,3,8-18H2,1-2H3,(H2,23,24,25);1H. The van der Waals surface area contributed by atoms with E-state index in [4.69, 9.17) is 9.47 Å². The lowest BCUT2D eigenvalue weighted by Gasteiger charge is -2.27. The summed E-state index contributed by atoms with van der Waals surface area (Å²) in [6.45, 7) is 10.1. The Labute approximate surface area is 192 Å². The number of benzene rings is 1. The quantitative estimate of drug-likeness (QED) is 0.217. The maximum atomic E-state index is 5.54. The first kappa shape index (κ1) is 24.4. The van der Waals surface area contributed by atoms with E-state index in [0.717, 1.165) is 71.5 Å². The van der Waals surface area contributed by atoms with Gasteiger partial charge in [-0.3, -0.25) is 9.89 Å². The van der Waals surface area contributed by atoms with Gasteiger partial charge in [0.2, 0.25) is 0 Å². The number of nitrogens with zero attached hydrogens (tertiary/aromatic N) is 2. The number of nitrogens with one attached hydrogen (secondary N) is 2. The van der Waals surface area contributed by atoms with Crippen molar-refractivity contribution in [1.29, 1.82) is 0 Å². The second-order valence-electron chi connectivity index (χ2n) is 7.88. The average Bonchev–Trinajstić information content (AvgIpc) is 3.50. The van der Waals surface area contributed by atoms with Crippen LogP contribution >= 0.6 is 24.0 Å². The maximum Gasteiger partial charge on any atom is 0.191 e. The molecule has 0 atom stereocenters. The molecule has 0 unspecified atom stereocenters. The summed E-state index contributed by atoms with van der Waals surface area (Å²) >= 11 is 0. The highest BCUT2D eigenvalue weighted by atomic mass is 127. The van der Waals surface area contributed by atoms with Crippen molar-refractivity contribution >= 4 is 29.9 Å². The Morgan fingerprint density at radius 3 is 2.55 bits per heavy atom. The third-order valence-electron chi connectivity index (χ3n) is 5.85. The summed E-state index contributed by atoms with van der Waals surface area (Å²) < 4.78 is 11.0. The fourth-order valence-corrected chi connectivity index (χ4v) is 3.68. The second-order valence-corrected chi connectivity index (χ2v) is 7.88. The van der Waals surface area contributed by atoms with Crippen LogP contribution in [-0.4, -0.2) is 64.0 Å². The lowest BCUT2D eigenvalue weighted by atomic mass is 10.0. The number of halogens is 1. The highest BCUT2D eigenvalue weighted by Crippen LogP contribution is 2.48. The van der Waals surface area contributed by atoms with Gasteiger partial charge in [-0.2, -0.15) is 0 Å². The molecule has 1 aliphatic heterocycles. The molecule has 1 heterocycles. The van der Waals surface area contributed by atoms with Crippen molar-refractivity contribution in [1.82, 2.24) is 15.5 Å². The molecule has 1 saturated carbocycles. The molecule has 1 aromatic carbocycles. The number of guanidine groups is 1. The SMILES string of the molecule is CCOCCC1(CNC(=NC)NCc2ccccc2CN2CCOCC2)CC1.I. The molecule has 6 nitrogen and oxygen atoms in total. The molecule has 1 aromatic rings. The third kappa shape index (κ3) is 8.03. The molecule has 0 aromatic heterocycles. The van der Waals surface area contributed by atoms with Gasteiger partial charge in [0.15, 0.2) is 5.96 Å². The first-order chi connectivity index (χ1) is 13.7. The Morgan fingerprint density at radius 1 is 1.17 bits per heavy atom. The molecular formula is C22H37IN4O2. The number of hydrogen-bond acceptors (Lipinski definition) is 4. The highest BCUT2D eigenvalue weighted by molar-refractivity contribution is 14.0. The molecule has 3 rings (SSSR count). The molecule has 7 heteroatoms. The van der Waals surface area contributed by atoms with E-state index in [1.807, 2.05) is 7.05 Å². The average molecular weight is 516 g/mol. The largest absolute Gasteiger partial charge is 0.382 e. The fourth-order valence-electron chi connectivity index (χ4n) is 3.68. The van der Waals surface area contributed by atoms with Gasteiger partial charge in [-0.1, -0.05) is 24.3 Å². The minimum Gasteiger partial charge on any atom is -0.382 e. The molecule has 164 valence electrons. The zero-order valence-corrected chi connectivity index (χ0v) is 20.2. The van der Waals surface area contributed by atoms with E-state index in [0.29, 0.717) is 5.41 Å². The van der Waals surface area contributed by atoms with Crippen LogP contribution in [-0.2, 0) is 22.6 Å². The monoisotopic (exact) mass is 516 g/mol. The minimum atomic E-state index is 0. The summed E-state index contributed by atoms with van der Waals surface area (Å²) in [5, 5.41) is 7.02. The summed E-state index contributed by atoms with van der Waals surface area (Å²) in [4.78, 5) is 6.87. The molecule has 2 fully saturated rings. The van der Waals surface area contributed by atoms with E-state index in [1.165, 1.54) is 24.0 Å². The molecule has 0 amide bonds. The molecule has 0 radical (unpaired) electrons. The first-order valence-corrected chi connectivity index (χ1v) is 10.6. The van der Waals surface area contributed by atoms with Crippen LogP contribution in [0, 0.1) is 5.41 Å². The number of rotatable bonds is 10. The lowest BCUT2D eigenvalue weighted by molar-refractivity contribution is 0.0341. The van der Waals surface area contributed by atoms with Crippen molar-refractivity contribution in [2.75, 3.05) is 53.1 Å². The summed E-state index contributed by atoms with van der Waals surface area (Å²) in [6.07, 6.45) is 3.70. The Morgan fingerprint density at radius 2 is 1.90 bits per heavy atom. The maximum absolute atomic E-state index is 5.54. The van der Waals surface area contributed by atoms with Crippen LogP contribution in [0.1, 0.15) is 37.3 Å². The van der Waals surface area contributed by atoms with Gasteiger partial charge in [-0.15, -0.1) is 24.0 Å². The van der Waals surface area contributed by atoms with Crippen molar-refractivity contribution in [3.63, 3.8) is 0 Å². The second kappa shape index (κ2) is 12.7. The zero-order valence-electron chi connectivity index (χ0n) is 17.9. The number of ether oxygens (including phenoxy) is 2. The van der Waals surface area contributed by atoms with Gasteiger partial charge in [-0.05, 0) is 42.7 Å². The van der Waals surface area contributed by atoms with Crippen molar-refractivity contribution in [2.45, 2.75) is 39.3 Å². The molecule has 0 spiro atoms. The Kier molecular flexibility index (Phi) is 10.7.